The van der Waals surface area contributed by atoms with Gasteiger partial charge in [0.2, 0.25) is 0 Å². The first-order valence-corrected chi connectivity index (χ1v) is 8.12. The fourth-order valence-corrected chi connectivity index (χ4v) is 4.39. The van der Waals surface area contributed by atoms with Crippen molar-refractivity contribution in [2.24, 2.45) is 11.3 Å². The number of hydrogen-bond donors (Lipinski definition) is 2. The molecular formula is C16H23N3O3. The molecule has 1 aliphatic carbocycles. The van der Waals surface area contributed by atoms with Gasteiger partial charge in [-0.25, -0.2) is 0 Å². The Hall–Kier alpha value is -1.40. The van der Waals surface area contributed by atoms with Crippen molar-refractivity contribution in [1.82, 2.24) is 15.5 Å². The summed E-state index contributed by atoms with van der Waals surface area (Å²) >= 11 is 0. The van der Waals surface area contributed by atoms with Crippen LogP contribution in [0.25, 0.3) is 0 Å². The zero-order chi connectivity index (χ0) is 15.3. The van der Waals surface area contributed by atoms with E-state index in [4.69, 9.17) is 9.47 Å². The maximum Gasteiger partial charge on any atom is 0.255 e. The molecule has 1 amide bonds. The van der Waals surface area contributed by atoms with Gasteiger partial charge in [-0.3, -0.25) is 9.89 Å². The Balaban J connectivity index is 1.50. The van der Waals surface area contributed by atoms with Crippen LogP contribution in [-0.4, -0.2) is 48.1 Å². The molecule has 120 valence electrons. The number of amides is 1. The quantitative estimate of drug-likeness (QED) is 0.886. The highest BCUT2D eigenvalue weighted by molar-refractivity contribution is 5.95. The fraction of sp³-hybridized carbons (Fsp3) is 0.750. The van der Waals surface area contributed by atoms with E-state index in [1.807, 2.05) is 0 Å². The van der Waals surface area contributed by atoms with Crippen LogP contribution in [0, 0.1) is 11.3 Å². The molecule has 3 fully saturated rings. The van der Waals surface area contributed by atoms with Crippen LogP contribution in [0.2, 0.25) is 0 Å². The van der Waals surface area contributed by atoms with Crippen LogP contribution in [0.5, 0.6) is 0 Å². The van der Waals surface area contributed by atoms with Crippen LogP contribution in [0.4, 0.5) is 0 Å². The van der Waals surface area contributed by atoms with Gasteiger partial charge in [0.15, 0.2) is 0 Å². The Morgan fingerprint density at radius 2 is 2.27 bits per heavy atom. The van der Waals surface area contributed by atoms with E-state index in [9.17, 15) is 4.79 Å². The Morgan fingerprint density at radius 3 is 3.05 bits per heavy atom. The van der Waals surface area contributed by atoms with Gasteiger partial charge in [0.1, 0.15) is 0 Å². The Morgan fingerprint density at radius 1 is 1.41 bits per heavy atom. The number of ether oxygens (including phenoxy) is 2. The molecule has 0 bridgehead atoms. The lowest BCUT2D eigenvalue weighted by molar-refractivity contribution is -0.108. The first-order chi connectivity index (χ1) is 10.6. The number of nitrogens with zero attached hydrogens (tertiary/aromatic N) is 1. The number of rotatable bonds is 3. The molecule has 3 aliphatic rings. The van der Waals surface area contributed by atoms with Crippen molar-refractivity contribution in [3.8, 4) is 0 Å². The van der Waals surface area contributed by atoms with Gasteiger partial charge in [0.25, 0.3) is 5.91 Å². The summed E-state index contributed by atoms with van der Waals surface area (Å²) in [7, 11) is 0. The Bertz CT molecular complexity index is 577. The molecule has 0 aromatic carbocycles. The van der Waals surface area contributed by atoms with Gasteiger partial charge in [-0.15, -0.1) is 0 Å². The van der Waals surface area contributed by atoms with E-state index in [-0.39, 0.29) is 29.4 Å². The van der Waals surface area contributed by atoms with Gasteiger partial charge >= 0.3 is 0 Å². The SMILES string of the molecule is CC1(C)[C@H](NC(=O)c2cn[nH]c2[C@@H]2CCOC2)[C@H]2CCO[C@@H]21. The third-order valence-corrected chi connectivity index (χ3v) is 5.64. The number of aromatic nitrogens is 2. The van der Waals surface area contributed by atoms with Crippen molar-refractivity contribution in [2.75, 3.05) is 19.8 Å². The van der Waals surface area contributed by atoms with Crippen molar-refractivity contribution >= 4 is 5.91 Å². The van der Waals surface area contributed by atoms with Crippen molar-refractivity contribution < 1.29 is 14.3 Å². The molecule has 2 saturated heterocycles. The van der Waals surface area contributed by atoms with Crippen molar-refractivity contribution in [3.63, 3.8) is 0 Å². The second kappa shape index (κ2) is 5.06. The van der Waals surface area contributed by atoms with E-state index in [1.165, 1.54) is 0 Å². The first-order valence-electron chi connectivity index (χ1n) is 8.12. The average molecular weight is 305 g/mol. The molecule has 1 aromatic rings. The van der Waals surface area contributed by atoms with E-state index in [1.54, 1.807) is 6.20 Å². The first kappa shape index (κ1) is 14.2. The minimum absolute atomic E-state index is 0.00278. The van der Waals surface area contributed by atoms with E-state index in [2.05, 4.69) is 29.4 Å². The molecule has 4 atom stereocenters. The Kier molecular flexibility index (Phi) is 3.27. The summed E-state index contributed by atoms with van der Waals surface area (Å²) < 4.78 is 11.2. The number of nitrogens with one attached hydrogen (secondary N) is 2. The van der Waals surface area contributed by atoms with E-state index >= 15 is 0 Å². The summed E-state index contributed by atoms with van der Waals surface area (Å²) in [5, 5.41) is 10.3. The van der Waals surface area contributed by atoms with Crippen LogP contribution in [0.3, 0.4) is 0 Å². The van der Waals surface area contributed by atoms with E-state index < -0.39 is 0 Å². The zero-order valence-electron chi connectivity index (χ0n) is 13.1. The second-order valence-corrected chi connectivity index (χ2v) is 7.27. The van der Waals surface area contributed by atoms with Gasteiger partial charge in [-0.05, 0) is 12.8 Å². The second-order valence-electron chi connectivity index (χ2n) is 7.27. The minimum atomic E-state index is -0.0286. The third-order valence-electron chi connectivity index (χ3n) is 5.64. The topological polar surface area (TPSA) is 76.2 Å². The number of aromatic amines is 1. The van der Waals surface area contributed by atoms with Crippen molar-refractivity contribution in [3.05, 3.63) is 17.5 Å². The molecular weight excluding hydrogens is 282 g/mol. The van der Waals surface area contributed by atoms with Crippen LogP contribution < -0.4 is 5.32 Å². The summed E-state index contributed by atoms with van der Waals surface area (Å²) in [6.07, 6.45) is 3.89. The summed E-state index contributed by atoms with van der Waals surface area (Å²) in [6, 6.07) is 0.176. The number of fused-ring (bicyclic) bond motifs is 1. The zero-order valence-corrected chi connectivity index (χ0v) is 13.1. The lowest BCUT2D eigenvalue weighted by Crippen LogP contribution is -2.66. The summed E-state index contributed by atoms with van der Waals surface area (Å²) in [5.41, 5.74) is 1.57. The fourth-order valence-electron chi connectivity index (χ4n) is 4.39. The van der Waals surface area contributed by atoms with Gasteiger partial charge < -0.3 is 14.8 Å². The molecule has 1 aromatic heterocycles. The highest BCUT2D eigenvalue weighted by Crippen LogP contribution is 2.52. The lowest BCUT2D eigenvalue weighted by Gasteiger charge is -2.54. The molecule has 0 spiro atoms. The van der Waals surface area contributed by atoms with Crippen LogP contribution in [0.15, 0.2) is 6.20 Å². The molecule has 1 saturated carbocycles. The normalized spacial score (nSPS) is 35.9. The van der Waals surface area contributed by atoms with Crippen molar-refractivity contribution in [2.45, 2.75) is 44.8 Å². The summed E-state index contributed by atoms with van der Waals surface area (Å²) in [4.78, 5) is 12.7. The standard InChI is InChI=1S/C16H23N3O3/c1-16(2)13(10-4-6-22-14(10)16)18-15(20)11-7-17-19-12(11)9-3-5-21-8-9/h7,9-10,13-14H,3-6,8H2,1-2H3,(H,17,19)(H,18,20)/t9-,10-,13-,14+/m1/s1. The monoisotopic (exact) mass is 305 g/mol. The lowest BCUT2D eigenvalue weighted by atomic mass is 9.57. The van der Waals surface area contributed by atoms with E-state index in [0.29, 0.717) is 18.1 Å². The number of carbonyl (C=O) groups excluding carboxylic acids is 1. The van der Waals surface area contributed by atoms with E-state index in [0.717, 1.165) is 31.7 Å². The van der Waals surface area contributed by atoms with Crippen LogP contribution >= 0.6 is 0 Å². The molecule has 6 heteroatoms. The van der Waals surface area contributed by atoms with Gasteiger partial charge in [-0.1, -0.05) is 13.8 Å². The van der Waals surface area contributed by atoms with Crippen LogP contribution in [0.1, 0.15) is 48.7 Å². The highest BCUT2D eigenvalue weighted by atomic mass is 16.5. The molecule has 2 aliphatic heterocycles. The predicted octanol–water partition coefficient (Wildman–Crippen LogP) is 1.46. The highest BCUT2D eigenvalue weighted by Gasteiger charge is 2.59. The molecule has 22 heavy (non-hydrogen) atoms. The van der Waals surface area contributed by atoms with Gasteiger partial charge in [-0.2, -0.15) is 5.10 Å². The molecule has 3 heterocycles. The minimum Gasteiger partial charge on any atom is -0.381 e. The number of H-pyrrole nitrogens is 1. The maximum atomic E-state index is 12.7. The average Bonchev–Trinajstić information content (AvgIpc) is 3.22. The van der Waals surface area contributed by atoms with Gasteiger partial charge in [0.05, 0.1) is 30.2 Å². The third kappa shape index (κ3) is 2.01. The van der Waals surface area contributed by atoms with Gasteiger partial charge in [0, 0.05) is 36.5 Å². The van der Waals surface area contributed by atoms with Crippen LogP contribution in [-0.2, 0) is 9.47 Å². The molecule has 2 N–H and O–H groups in total. The Labute approximate surface area is 129 Å². The summed E-state index contributed by atoms with van der Waals surface area (Å²) in [5.74, 6) is 0.670. The van der Waals surface area contributed by atoms with Crippen molar-refractivity contribution in [1.29, 1.82) is 0 Å². The maximum absolute atomic E-state index is 12.7. The number of hydrogen-bond acceptors (Lipinski definition) is 4. The largest absolute Gasteiger partial charge is 0.381 e. The molecule has 6 nitrogen and oxygen atoms in total. The summed E-state index contributed by atoms with van der Waals surface area (Å²) in [6.45, 7) is 6.57. The molecule has 4 rings (SSSR count). The number of carbonyl (C=O) groups is 1. The molecule has 0 unspecified atom stereocenters. The predicted molar refractivity (Wildman–Crippen MR) is 79.6 cm³/mol. The molecule has 0 radical (unpaired) electrons. The smallest absolute Gasteiger partial charge is 0.255 e.